The first kappa shape index (κ1) is 16.5. The van der Waals surface area contributed by atoms with E-state index in [0.29, 0.717) is 6.42 Å². The minimum absolute atomic E-state index is 0.00396. The molecule has 0 aromatic rings. The van der Waals surface area contributed by atoms with Crippen molar-refractivity contribution in [3.05, 3.63) is 0 Å². The fourth-order valence-electron chi connectivity index (χ4n) is 3.24. The van der Waals surface area contributed by atoms with Gasteiger partial charge in [-0.1, -0.05) is 37.8 Å². The number of rotatable bonds is 1. The highest BCUT2D eigenvalue weighted by molar-refractivity contribution is 9.09. The summed E-state index contributed by atoms with van der Waals surface area (Å²) >= 11 is 13.7. The Balaban J connectivity index is 1.78. The third kappa shape index (κ3) is 3.62. The van der Waals surface area contributed by atoms with Crippen LogP contribution in [0.1, 0.15) is 26.2 Å². The van der Waals surface area contributed by atoms with E-state index in [1.54, 1.807) is 0 Å². The van der Waals surface area contributed by atoms with Gasteiger partial charge in [0.05, 0.1) is 35.9 Å². The van der Waals surface area contributed by atoms with Crippen molar-refractivity contribution in [2.45, 2.75) is 77.8 Å². The van der Waals surface area contributed by atoms with E-state index < -0.39 is 0 Å². The standard InChI is InChI=1S/C15H19Br2ClO3/c1-3-8(16)12-6-13-10(18)5-11(20-13)9(17)4-14-15(21-14)7(2)19-12/h1,7-15H,4-6H2,2H3/t7-,8+,9-,10+,11-,12+,13+,14+,15+/m0/s1. The third-order valence-corrected chi connectivity index (χ3v) is 6.77. The number of hydrogen-bond donors (Lipinski definition) is 0. The lowest BCUT2D eigenvalue weighted by atomic mass is 10.0. The molecule has 0 aliphatic carbocycles. The Morgan fingerprint density at radius 1 is 1.14 bits per heavy atom. The van der Waals surface area contributed by atoms with E-state index in [1.807, 2.05) is 6.92 Å². The predicted molar refractivity (Wildman–Crippen MR) is 89.4 cm³/mol. The maximum absolute atomic E-state index is 6.47. The fraction of sp³-hybridized carbons (Fsp3) is 0.867. The molecule has 3 nitrogen and oxygen atoms in total. The van der Waals surface area contributed by atoms with Gasteiger partial charge in [-0.05, 0) is 19.8 Å². The third-order valence-electron chi connectivity index (χ3n) is 4.50. The number of epoxide rings is 1. The lowest BCUT2D eigenvalue weighted by Gasteiger charge is -2.26. The van der Waals surface area contributed by atoms with Gasteiger partial charge < -0.3 is 14.2 Å². The molecule has 3 fully saturated rings. The maximum Gasteiger partial charge on any atom is 0.110 e. The topological polar surface area (TPSA) is 31.0 Å². The molecule has 118 valence electrons. The predicted octanol–water partition coefficient (Wildman–Crippen LogP) is 3.25. The second-order valence-corrected chi connectivity index (χ2v) is 8.76. The Morgan fingerprint density at radius 3 is 2.62 bits per heavy atom. The van der Waals surface area contributed by atoms with Crippen molar-refractivity contribution in [3.8, 4) is 12.3 Å². The second-order valence-electron chi connectivity index (χ2n) is 6.04. The lowest BCUT2D eigenvalue weighted by Crippen LogP contribution is -2.35. The lowest BCUT2D eigenvalue weighted by molar-refractivity contribution is -0.0452. The molecule has 0 radical (unpaired) electrons. The van der Waals surface area contributed by atoms with Gasteiger partial charge >= 0.3 is 0 Å². The minimum Gasteiger partial charge on any atom is -0.372 e. The molecule has 3 saturated heterocycles. The van der Waals surface area contributed by atoms with E-state index in [2.05, 4.69) is 37.8 Å². The summed E-state index contributed by atoms with van der Waals surface area (Å²) in [6.07, 6.45) is 8.45. The Morgan fingerprint density at radius 2 is 1.90 bits per heavy atom. The first-order valence-electron chi connectivity index (χ1n) is 7.34. The largest absolute Gasteiger partial charge is 0.372 e. The summed E-state index contributed by atoms with van der Waals surface area (Å²) in [6, 6.07) is 0. The summed E-state index contributed by atoms with van der Waals surface area (Å²) in [5.41, 5.74) is 0. The van der Waals surface area contributed by atoms with Gasteiger partial charge in [0.15, 0.2) is 0 Å². The molecule has 0 aromatic carbocycles. The van der Waals surface area contributed by atoms with Gasteiger partial charge in [-0.25, -0.2) is 0 Å². The van der Waals surface area contributed by atoms with Crippen molar-refractivity contribution in [2.75, 3.05) is 0 Å². The Kier molecular flexibility index (Phi) is 5.25. The summed E-state index contributed by atoms with van der Waals surface area (Å²) in [4.78, 5) is 0.124. The van der Waals surface area contributed by atoms with E-state index in [9.17, 15) is 0 Å². The molecule has 0 saturated carbocycles. The van der Waals surface area contributed by atoms with E-state index >= 15 is 0 Å². The number of hydrogen-bond acceptors (Lipinski definition) is 3. The molecule has 3 heterocycles. The molecule has 0 unspecified atom stereocenters. The number of terminal acetylenes is 1. The van der Waals surface area contributed by atoms with Crippen molar-refractivity contribution in [1.29, 1.82) is 0 Å². The second kappa shape index (κ2) is 6.67. The number of halogens is 3. The first-order chi connectivity index (χ1) is 9.99. The molecule has 21 heavy (non-hydrogen) atoms. The highest BCUT2D eigenvalue weighted by atomic mass is 79.9. The number of fused-ring (bicyclic) bond motifs is 3. The molecule has 6 heteroatoms. The maximum atomic E-state index is 6.47. The van der Waals surface area contributed by atoms with E-state index in [-0.39, 0.29) is 51.7 Å². The molecular weight excluding hydrogens is 423 g/mol. The number of ether oxygens (including phenoxy) is 3. The van der Waals surface area contributed by atoms with Gasteiger partial charge in [0, 0.05) is 11.2 Å². The van der Waals surface area contributed by atoms with Crippen LogP contribution >= 0.6 is 43.5 Å². The zero-order valence-corrected chi connectivity index (χ0v) is 15.7. The van der Waals surface area contributed by atoms with Crippen LogP contribution in [-0.2, 0) is 14.2 Å². The summed E-state index contributed by atoms with van der Waals surface area (Å²) < 4.78 is 18.1. The van der Waals surface area contributed by atoms with Crippen molar-refractivity contribution >= 4 is 43.5 Å². The monoisotopic (exact) mass is 440 g/mol. The fourth-order valence-corrected chi connectivity index (χ4v) is 4.63. The summed E-state index contributed by atoms with van der Waals surface area (Å²) in [6.45, 7) is 2.05. The molecule has 3 aliphatic rings. The molecule has 3 rings (SSSR count). The average Bonchev–Trinajstić information content (AvgIpc) is 3.12. The molecule has 3 aliphatic heterocycles. The highest BCUT2D eigenvalue weighted by Gasteiger charge is 2.49. The Bertz CT molecular complexity index is 430. The van der Waals surface area contributed by atoms with Gasteiger partial charge in [0.25, 0.3) is 0 Å². The SMILES string of the molecule is C#C[C@@H](Br)[C@H]1C[C@H]2O[C@@H](C[C@H]2Cl)[C@@H](Br)C[C@H]2O[C@@H]2[C@H](C)O1. The molecule has 0 amide bonds. The molecular formula is C15H19Br2ClO3. The van der Waals surface area contributed by atoms with Crippen LogP contribution in [0.3, 0.4) is 0 Å². The zero-order chi connectivity index (χ0) is 15.1. The smallest absolute Gasteiger partial charge is 0.110 e. The van der Waals surface area contributed by atoms with Gasteiger partial charge in [-0.2, -0.15) is 0 Å². The summed E-state index contributed by atoms with van der Waals surface area (Å²) in [5.74, 6) is 2.71. The summed E-state index contributed by atoms with van der Waals surface area (Å²) in [7, 11) is 0. The molecule has 0 spiro atoms. The average molecular weight is 443 g/mol. The van der Waals surface area contributed by atoms with Crippen LogP contribution in [0.5, 0.6) is 0 Å². The molecule has 9 atom stereocenters. The van der Waals surface area contributed by atoms with Crippen LogP contribution in [-0.4, -0.2) is 51.7 Å². The van der Waals surface area contributed by atoms with E-state index in [1.165, 1.54) is 0 Å². The molecule has 0 aromatic heterocycles. The van der Waals surface area contributed by atoms with Crippen LogP contribution in [0.4, 0.5) is 0 Å². The van der Waals surface area contributed by atoms with E-state index in [0.717, 1.165) is 12.8 Å². The highest BCUT2D eigenvalue weighted by Crippen LogP contribution is 2.40. The Labute approximate surface area is 147 Å². The van der Waals surface area contributed by atoms with Crippen LogP contribution in [0.15, 0.2) is 0 Å². The van der Waals surface area contributed by atoms with Crippen LogP contribution < -0.4 is 0 Å². The molecule has 0 N–H and O–H groups in total. The van der Waals surface area contributed by atoms with Crippen LogP contribution in [0, 0.1) is 12.3 Å². The Hall–Kier alpha value is 0.690. The van der Waals surface area contributed by atoms with E-state index in [4.69, 9.17) is 32.2 Å². The van der Waals surface area contributed by atoms with Crippen LogP contribution in [0.25, 0.3) is 0 Å². The van der Waals surface area contributed by atoms with Gasteiger partial charge in [0.2, 0.25) is 0 Å². The van der Waals surface area contributed by atoms with Crippen molar-refractivity contribution in [1.82, 2.24) is 0 Å². The van der Waals surface area contributed by atoms with Crippen molar-refractivity contribution in [2.24, 2.45) is 0 Å². The van der Waals surface area contributed by atoms with Crippen LogP contribution in [0.2, 0.25) is 0 Å². The van der Waals surface area contributed by atoms with Crippen molar-refractivity contribution < 1.29 is 14.2 Å². The zero-order valence-electron chi connectivity index (χ0n) is 11.8. The first-order valence-corrected chi connectivity index (χ1v) is 9.61. The normalized spacial score (nSPS) is 51.4. The number of alkyl halides is 3. The van der Waals surface area contributed by atoms with Gasteiger partial charge in [0.1, 0.15) is 10.9 Å². The van der Waals surface area contributed by atoms with Gasteiger partial charge in [-0.3, -0.25) is 0 Å². The summed E-state index contributed by atoms with van der Waals surface area (Å²) in [5, 5.41) is 0.00396. The minimum atomic E-state index is -0.149. The quantitative estimate of drug-likeness (QED) is 0.355. The van der Waals surface area contributed by atoms with Gasteiger partial charge in [-0.15, -0.1) is 18.0 Å². The molecule has 2 bridgehead atoms. The van der Waals surface area contributed by atoms with Crippen molar-refractivity contribution in [3.63, 3.8) is 0 Å².